The van der Waals surface area contributed by atoms with Gasteiger partial charge in [0.05, 0.1) is 18.2 Å². The van der Waals surface area contributed by atoms with E-state index in [4.69, 9.17) is 10.00 Å². The first-order chi connectivity index (χ1) is 8.76. The van der Waals surface area contributed by atoms with Gasteiger partial charge in [-0.15, -0.1) is 0 Å². The summed E-state index contributed by atoms with van der Waals surface area (Å²) in [6.45, 7) is 2.95. The minimum absolute atomic E-state index is 0.209. The van der Waals surface area contributed by atoms with Crippen LogP contribution in [0.25, 0.3) is 0 Å². The molecular weight excluding hydrogens is 230 g/mol. The molecule has 5 nitrogen and oxygen atoms in total. The Bertz CT molecular complexity index is 481. The van der Waals surface area contributed by atoms with E-state index in [1.54, 1.807) is 25.3 Å². The fourth-order valence-corrected chi connectivity index (χ4v) is 2.17. The lowest BCUT2D eigenvalue weighted by Gasteiger charge is -2.23. The molecule has 5 heteroatoms. The molecule has 18 heavy (non-hydrogen) atoms. The zero-order chi connectivity index (χ0) is 13.0. The molecule has 1 aromatic heterocycles. The Morgan fingerprint density at radius 3 is 3.28 bits per heavy atom. The van der Waals surface area contributed by atoms with Gasteiger partial charge in [0.25, 0.3) is 0 Å². The number of carbonyl (C=O) groups is 1. The summed E-state index contributed by atoms with van der Waals surface area (Å²) in [5.74, 6) is 0.462. The minimum Gasteiger partial charge on any atom is -0.464 e. The molecule has 0 amide bonds. The second kappa shape index (κ2) is 5.50. The van der Waals surface area contributed by atoms with Crippen LogP contribution in [0.1, 0.15) is 25.3 Å². The maximum absolute atomic E-state index is 11.8. The largest absolute Gasteiger partial charge is 0.464 e. The van der Waals surface area contributed by atoms with Crippen molar-refractivity contribution in [2.24, 2.45) is 0 Å². The van der Waals surface area contributed by atoms with Gasteiger partial charge in [-0.3, -0.25) is 0 Å². The van der Waals surface area contributed by atoms with Gasteiger partial charge in [-0.05, 0) is 31.9 Å². The van der Waals surface area contributed by atoms with Gasteiger partial charge in [-0.1, -0.05) is 0 Å². The van der Waals surface area contributed by atoms with E-state index in [1.807, 2.05) is 4.90 Å². The molecule has 0 spiro atoms. The van der Waals surface area contributed by atoms with Crippen molar-refractivity contribution < 1.29 is 9.53 Å². The Morgan fingerprint density at radius 1 is 1.72 bits per heavy atom. The molecule has 2 heterocycles. The first-order valence-corrected chi connectivity index (χ1v) is 6.05. The number of hydrogen-bond acceptors (Lipinski definition) is 5. The lowest BCUT2D eigenvalue weighted by atomic mass is 10.2. The number of rotatable bonds is 3. The highest BCUT2D eigenvalue weighted by atomic mass is 16.5. The predicted octanol–water partition coefficient (Wildman–Crippen LogP) is 1.49. The molecule has 1 aliphatic rings. The molecule has 2 rings (SSSR count). The quantitative estimate of drug-likeness (QED) is 0.755. The molecule has 1 saturated heterocycles. The van der Waals surface area contributed by atoms with E-state index in [1.165, 1.54) is 0 Å². The first-order valence-electron chi connectivity index (χ1n) is 6.05. The third kappa shape index (κ3) is 2.43. The van der Waals surface area contributed by atoms with Crippen LogP contribution in [0, 0.1) is 11.3 Å². The fraction of sp³-hybridized carbons (Fsp3) is 0.462. The average Bonchev–Trinajstić information content (AvgIpc) is 2.88. The number of ether oxygens (including phenoxy) is 1. The van der Waals surface area contributed by atoms with Gasteiger partial charge in [0.15, 0.2) is 0 Å². The molecule has 1 aliphatic heterocycles. The highest BCUT2D eigenvalue weighted by molar-refractivity contribution is 5.80. The molecular formula is C13H15N3O2. The van der Waals surface area contributed by atoms with E-state index in [0.29, 0.717) is 18.0 Å². The lowest BCUT2D eigenvalue weighted by Crippen LogP contribution is -2.37. The van der Waals surface area contributed by atoms with Gasteiger partial charge < -0.3 is 9.64 Å². The van der Waals surface area contributed by atoms with Gasteiger partial charge >= 0.3 is 5.97 Å². The molecule has 1 fully saturated rings. The number of hydrogen-bond donors (Lipinski definition) is 0. The van der Waals surface area contributed by atoms with Gasteiger partial charge in [-0.25, -0.2) is 9.78 Å². The predicted molar refractivity (Wildman–Crippen MR) is 66.0 cm³/mol. The summed E-state index contributed by atoms with van der Waals surface area (Å²) in [7, 11) is 0. The van der Waals surface area contributed by atoms with Crippen LogP contribution >= 0.6 is 0 Å². The summed E-state index contributed by atoms with van der Waals surface area (Å²) in [6, 6.07) is 5.16. The standard InChI is InChI=1S/C13H15N3O2/c1-2-18-13(17)11-4-3-7-16(11)12-8-10(9-14)5-6-15-12/h5-6,8,11H,2-4,7H2,1H3. The summed E-state index contributed by atoms with van der Waals surface area (Å²) >= 11 is 0. The van der Waals surface area contributed by atoms with Gasteiger partial charge in [-0.2, -0.15) is 5.26 Å². The smallest absolute Gasteiger partial charge is 0.328 e. The molecule has 0 aliphatic carbocycles. The Balaban J connectivity index is 2.20. The fourth-order valence-electron chi connectivity index (χ4n) is 2.17. The number of nitriles is 1. The molecule has 1 aromatic rings. The van der Waals surface area contributed by atoms with E-state index in [2.05, 4.69) is 11.1 Å². The average molecular weight is 245 g/mol. The monoisotopic (exact) mass is 245 g/mol. The van der Waals surface area contributed by atoms with E-state index >= 15 is 0 Å². The Labute approximate surface area is 106 Å². The summed E-state index contributed by atoms with van der Waals surface area (Å²) in [6.07, 6.45) is 3.30. The topological polar surface area (TPSA) is 66.2 Å². The summed E-state index contributed by atoms with van der Waals surface area (Å²) in [5.41, 5.74) is 0.550. The first kappa shape index (κ1) is 12.4. The summed E-state index contributed by atoms with van der Waals surface area (Å²) in [5, 5.41) is 8.88. The molecule has 0 bridgehead atoms. The van der Waals surface area contributed by atoms with Crippen molar-refractivity contribution in [3.63, 3.8) is 0 Å². The molecule has 1 atom stereocenters. The van der Waals surface area contributed by atoms with Crippen LogP contribution in [0.5, 0.6) is 0 Å². The maximum atomic E-state index is 11.8. The highest BCUT2D eigenvalue weighted by Gasteiger charge is 2.32. The van der Waals surface area contributed by atoms with Crippen molar-refractivity contribution >= 4 is 11.8 Å². The van der Waals surface area contributed by atoms with E-state index in [-0.39, 0.29) is 12.0 Å². The lowest BCUT2D eigenvalue weighted by molar-refractivity contribution is -0.144. The minimum atomic E-state index is -0.272. The third-order valence-electron chi connectivity index (χ3n) is 2.98. The number of pyridine rings is 1. The van der Waals surface area contributed by atoms with Crippen LogP contribution in [-0.4, -0.2) is 30.1 Å². The van der Waals surface area contributed by atoms with E-state index < -0.39 is 0 Å². The van der Waals surface area contributed by atoms with E-state index in [0.717, 1.165) is 19.4 Å². The Hall–Kier alpha value is -2.09. The number of nitrogens with zero attached hydrogens (tertiary/aromatic N) is 3. The van der Waals surface area contributed by atoms with Gasteiger partial charge in [0.1, 0.15) is 11.9 Å². The second-order valence-corrected chi connectivity index (χ2v) is 4.12. The van der Waals surface area contributed by atoms with Crippen LogP contribution in [0.15, 0.2) is 18.3 Å². The molecule has 1 unspecified atom stereocenters. The normalized spacial score (nSPS) is 18.4. The van der Waals surface area contributed by atoms with Crippen molar-refractivity contribution in [1.82, 2.24) is 4.98 Å². The molecule has 94 valence electrons. The van der Waals surface area contributed by atoms with Crippen molar-refractivity contribution in [2.45, 2.75) is 25.8 Å². The number of carbonyl (C=O) groups excluding carboxylic acids is 1. The number of anilines is 1. The van der Waals surface area contributed by atoms with Crippen molar-refractivity contribution in [3.05, 3.63) is 23.9 Å². The van der Waals surface area contributed by atoms with Crippen LogP contribution in [0.4, 0.5) is 5.82 Å². The SMILES string of the molecule is CCOC(=O)C1CCCN1c1cc(C#N)ccn1. The molecule has 0 radical (unpaired) electrons. The zero-order valence-electron chi connectivity index (χ0n) is 10.3. The number of aromatic nitrogens is 1. The van der Waals surface area contributed by atoms with Crippen LogP contribution in [-0.2, 0) is 9.53 Å². The van der Waals surface area contributed by atoms with Crippen LogP contribution in [0.2, 0.25) is 0 Å². The van der Waals surface area contributed by atoms with Gasteiger partial charge in [0, 0.05) is 12.7 Å². The van der Waals surface area contributed by atoms with Crippen LogP contribution in [0.3, 0.4) is 0 Å². The summed E-state index contributed by atoms with van der Waals surface area (Å²) < 4.78 is 5.06. The van der Waals surface area contributed by atoms with Crippen molar-refractivity contribution in [2.75, 3.05) is 18.1 Å². The maximum Gasteiger partial charge on any atom is 0.328 e. The summed E-state index contributed by atoms with van der Waals surface area (Å²) in [4.78, 5) is 18.0. The Kier molecular flexibility index (Phi) is 3.78. The van der Waals surface area contributed by atoms with Gasteiger partial charge in [0.2, 0.25) is 0 Å². The highest BCUT2D eigenvalue weighted by Crippen LogP contribution is 2.25. The van der Waals surface area contributed by atoms with Crippen LogP contribution < -0.4 is 4.90 Å². The zero-order valence-corrected chi connectivity index (χ0v) is 10.3. The molecule has 0 aromatic carbocycles. The molecule has 0 N–H and O–H groups in total. The van der Waals surface area contributed by atoms with E-state index in [9.17, 15) is 4.79 Å². The van der Waals surface area contributed by atoms with Crippen molar-refractivity contribution in [3.8, 4) is 6.07 Å². The number of esters is 1. The van der Waals surface area contributed by atoms with Crippen molar-refractivity contribution in [1.29, 1.82) is 5.26 Å². The second-order valence-electron chi connectivity index (χ2n) is 4.12. The molecule has 0 saturated carbocycles. The third-order valence-corrected chi connectivity index (χ3v) is 2.98. The Morgan fingerprint density at radius 2 is 2.56 bits per heavy atom.